The average molecular weight is 284 g/mol. The first kappa shape index (κ1) is 14.8. The van der Waals surface area contributed by atoms with Gasteiger partial charge in [-0.2, -0.15) is 0 Å². The summed E-state index contributed by atoms with van der Waals surface area (Å²) in [6.45, 7) is 4.97. The van der Waals surface area contributed by atoms with Crippen molar-refractivity contribution < 1.29 is 4.79 Å². The fourth-order valence-corrected chi connectivity index (χ4v) is 1.98. The van der Waals surface area contributed by atoms with E-state index < -0.39 is 0 Å². The number of nitrogens with two attached hydrogens (primary N) is 1. The number of nitrogens with zero attached hydrogens (tertiary/aromatic N) is 1. The van der Waals surface area contributed by atoms with Crippen LogP contribution in [-0.4, -0.2) is 24.0 Å². The number of rotatable bonds is 5. The molecular weight excluding hydrogens is 264 g/mol. The third kappa shape index (κ3) is 4.21. The fraction of sp³-hybridized carbons (Fsp3) is 0.250. The van der Waals surface area contributed by atoms with Crippen LogP contribution in [0.1, 0.15) is 21.5 Å². The highest BCUT2D eigenvalue weighted by atomic mass is 16.1. The van der Waals surface area contributed by atoms with Crippen LogP contribution >= 0.6 is 0 Å². The Morgan fingerprint density at radius 2 is 2.00 bits per heavy atom. The maximum absolute atomic E-state index is 11.9. The van der Waals surface area contributed by atoms with Gasteiger partial charge in [0, 0.05) is 24.8 Å². The van der Waals surface area contributed by atoms with E-state index in [0.29, 0.717) is 30.2 Å². The van der Waals surface area contributed by atoms with Crippen LogP contribution in [0.4, 0.5) is 11.5 Å². The van der Waals surface area contributed by atoms with Gasteiger partial charge in [-0.25, -0.2) is 4.98 Å². The lowest BCUT2D eigenvalue weighted by molar-refractivity contribution is 0.0955. The Hall–Kier alpha value is -2.56. The van der Waals surface area contributed by atoms with Crippen molar-refractivity contribution in [3.8, 4) is 0 Å². The first-order chi connectivity index (χ1) is 10.1. The van der Waals surface area contributed by atoms with Crippen LogP contribution in [0.5, 0.6) is 0 Å². The second kappa shape index (κ2) is 6.74. The summed E-state index contributed by atoms with van der Waals surface area (Å²) in [5.74, 6) is 0.566. The summed E-state index contributed by atoms with van der Waals surface area (Å²) in [6, 6.07) is 9.36. The monoisotopic (exact) mass is 284 g/mol. The molecule has 0 fully saturated rings. The number of amides is 1. The van der Waals surface area contributed by atoms with Crippen LogP contribution in [0.15, 0.2) is 36.5 Å². The molecule has 0 aliphatic rings. The van der Waals surface area contributed by atoms with Crippen molar-refractivity contribution in [3.05, 3.63) is 53.2 Å². The third-order valence-electron chi connectivity index (χ3n) is 3.04. The van der Waals surface area contributed by atoms with Crippen molar-refractivity contribution in [2.75, 3.05) is 24.1 Å². The van der Waals surface area contributed by atoms with Gasteiger partial charge in [0.15, 0.2) is 0 Å². The lowest BCUT2D eigenvalue weighted by Gasteiger charge is -2.10. The Labute approximate surface area is 124 Å². The number of hydrogen-bond acceptors (Lipinski definition) is 4. The van der Waals surface area contributed by atoms with Gasteiger partial charge in [0.1, 0.15) is 5.82 Å². The molecule has 0 atom stereocenters. The van der Waals surface area contributed by atoms with E-state index in [0.717, 1.165) is 11.1 Å². The molecular formula is C16H20N4O. The van der Waals surface area contributed by atoms with Crippen LogP contribution < -0.4 is 16.4 Å². The minimum absolute atomic E-state index is 0.0784. The van der Waals surface area contributed by atoms with Crippen LogP contribution in [-0.2, 0) is 0 Å². The Kier molecular flexibility index (Phi) is 4.77. The van der Waals surface area contributed by atoms with Gasteiger partial charge < -0.3 is 16.4 Å². The van der Waals surface area contributed by atoms with E-state index in [-0.39, 0.29) is 5.91 Å². The lowest BCUT2D eigenvalue weighted by Crippen LogP contribution is -2.29. The minimum atomic E-state index is -0.0784. The number of aromatic nitrogens is 1. The predicted octanol–water partition coefficient (Wildman–Crippen LogP) is 2.12. The number of hydrogen-bond donors (Lipinski definition) is 3. The molecule has 2 rings (SSSR count). The van der Waals surface area contributed by atoms with Gasteiger partial charge in [0.25, 0.3) is 5.91 Å². The van der Waals surface area contributed by atoms with E-state index in [4.69, 9.17) is 5.73 Å². The molecule has 1 heterocycles. The fourth-order valence-electron chi connectivity index (χ4n) is 1.98. The lowest BCUT2D eigenvalue weighted by atomic mass is 10.1. The normalized spacial score (nSPS) is 10.2. The molecule has 0 radical (unpaired) electrons. The molecule has 1 aromatic carbocycles. The first-order valence-corrected chi connectivity index (χ1v) is 6.87. The number of carbonyl (C=O) groups is 1. The molecule has 110 valence electrons. The van der Waals surface area contributed by atoms with Crippen LogP contribution in [0.3, 0.4) is 0 Å². The van der Waals surface area contributed by atoms with Crippen LogP contribution in [0.25, 0.3) is 0 Å². The largest absolute Gasteiger partial charge is 0.396 e. The van der Waals surface area contributed by atoms with Gasteiger partial charge in [0.2, 0.25) is 0 Å². The number of aryl methyl sites for hydroxylation is 2. The van der Waals surface area contributed by atoms with Crippen molar-refractivity contribution in [1.29, 1.82) is 0 Å². The van der Waals surface area contributed by atoms with Gasteiger partial charge in [-0.05, 0) is 37.6 Å². The zero-order valence-corrected chi connectivity index (χ0v) is 12.3. The molecule has 5 heteroatoms. The Balaban J connectivity index is 1.80. The first-order valence-electron chi connectivity index (χ1n) is 6.87. The average Bonchev–Trinajstić information content (AvgIpc) is 2.45. The molecule has 2 aromatic rings. The maximum Gasteiger partial charge on any atom is 0.251 e. The highest BCUT2D eigenvalue weighted by molar-refractivity contribution is 5.94. The summed E-state index contributed by atoms with van der Waals surface area (Å²) >= 11 is 0. The molecule has 0 aliphatic heterocycles. The third-order valence-corrected chi connectivity index (χ3v) is 3.04. The summed E-state index contributed by atoms with van der Waals surface area (Å²) in [5, 5.41) is 5.96. The number of benzene rings is 1. The maximum atomic E-state index is 11.9. The number of nitrogens with one attached hydrogen (secondary N) is 2. The molecule has 0 saturated heterocycles. The highest BCUT2D eigenvalue weighted by Gasteiger charge is 2.05. The van der Waals surface area contributed by atoms with Crippen molar-refractivity contribution in [2.24, 2.45) is 0 Å². The molecule has 0 saturated carbocycles. The molecule has 0 aliphatic carbocycles. The summed E-state index contributed by atoms with van der Waals surface area (Å²) in [4.78, 5) is 16.2. The van der Waals surface area contributed by atoms with Crippen LogP contribution in [0, 0.1) is 13.8 Å². The van der Waals surface area contributed by atoms with E-state index in [1.165, 1.54) is 0 Å². The number of carbonyl (C=O) groups excluding carboxylic acids is 1. The van der Waals surface area contributed by atoms with E-state index in [1.54, 1.807) is 12.3 Å². The van der Waals surface area contributed by atoms with E-state index in [2.05, 4.69) is 15.6 Å². The van der Waals surface area contributed by atoms with Crippen molar-refractivity contribution in [3.63, 3.8) is 0 Å². The van der Waals surface area contributed by atoms with Gasteiger partial charge in [-0.15, -0.1) is 0 Å². The molecule has 1 amide bonds. The van der Waals surface area contributed by atoms with Crippen molar-refractivity contribution in [1.82, 2.24) is 10.3 Å². The molecule has 5 nitrogen and oxygen atoms in total. The Bertz CT molecular complexity index is 640. The molecule has 4 N–H and O–H groups in total. The Morgan fingerprint density at radius 1 is 1.19 bits per heavy atom. The molecule has 0 spiro atoms. The number of pyridine rings is 1. The predicted molar refractivity (Wildman–Crippen MR) is 85.4 cm³/mol. The second-order valence-electron chi connectivity index (χ2n) is 5.00. The van der Waals surface area contributed by atoms with E-state index in [1.807, 2.05) is 38.1 Å². The van der Waals surface area contributed by atoms with E-state index >= 15 is 0 Å². The SMILES string of the molecule is Cc1cccc(C(=O)NCCNc2ncc(C)cc2N)c1. The minimum Gasteiger partial charge on any atom is -0.396 e. The smallest absolute Gasteiger partial charge is 0.251 e. The van der Waals surface area contributed by atoms with Gasteiger partial charge in [-0.1, -0.05) is 17.7 Å². The summed E-state index contributed by atoms with van der Waals surface area (Å²) in [7, 11) is 0. The van der Waals surface area contributed by atoms with Crippen molar-refractivity contribution in [2.45, 2.75) is 13.8 Å². The molecule has 21 heavy (non-hydrogen) atoms. The van der Waals surface area contributed by atoms with Crippen molar-refractivity contribution >= 4 is 17.4 Å². The number of nitrogen functional groups attached to an aromatic ring is 1. The summed E-state index contributed by atoms with van der Waals surface area (Å²) in [6.07, 6.45) is 1.75. The van der Waals surface area contributed by atoms with Gasteiger partial charge >= 0.3 is 0 Å². The Morgan fingerprint density at radius 3 is 2.71 bits per heavy atom. The van der Waals surface area contributed by atoms with Gasteiger partial charge in [0.05, 0.1) is 5.69 Å². The van der Waals surface area contributed by atoms with Gasteiger partial charge in [-0.3, -0.25) is 4.79 Å². The quantitative estimate of drug-likeness (QED) is 0.735. The summed E-state index contributed by atoms with van der Waals surface area (Å²) in [5.41, 5.74) is 9.23. The second-order valence-corrected chi connectivity index (χ2v) is 5.00. The zero-order valence-electron chi connectivity index (χ0n) is 12.3. The van der Waals surface area contributed by atoms with E-state index in [9.17, 15) is 4.79 Å². The summed E-state index contributed by atoms with van der Waals surface area (Å²) < 4.78 is 0. The van der Waals surface area contributed by atoms with Crippen LogP contribution in [0.2, 0.25) is 0 Å². The topological polar surface area (TPSA) is 80.0 Å². The standard InChI is InChI=1S/C16H20N4O/c1-11-4-3-5-13(8-11)16(21)19-7-6-18-15-14(17)9-12(2)10-20-15/h3-5,8-10H,6-7,17H2,1-2H3,(H,18,20)(H,19,21). The molecule has 0 bridgehead atoms. The molecule has 0 unspecified atom stereocenters. The molecule has 1 aromatic heterocycles. The zero-order chi connectivity index (χ0) is 15.2. The number of anilines is 2. The highest BCUT2D eigenvalue weighted by Crippen LogP contribution is 2.14.